The van der Waals surface area contributed by atoms with Gasteiger partial charge in [0.1, 0.15) is 5.82 Å². The molecule has 0 saturated heterocycles. The number of benzene rings is 1. The minimum absolute atomic E-state index is 0.0909. The van der Waals surface area contributed by atoms with Crippen molar-refractivity contribution in [2.24, 2.45) is 12.8 Å². The van der Waals surface area contributed by atoms with Crippen LogP contribution in [-0.2, 0) is 13.5 Å². The van der Waals surface area contributed by atoms with Crippen LogP contribution in [0.5, 0.6) is 0 Å². The highest BCUT2D eigenvalue weighted by molar-refractivity contribution is 9.10. The molecule has 1 aromatic heterocycles. The first-order valence-electron chi connectivity index (χ1n) is 5.78. The average Bonchev–Trinajstić information content (AvgIpc) is 2.59. The molecule has 0 saturated carbocycles. The van der Waals surface area contributed by atoms with Gasteiger partial charge in [-0.2, -0.15) is 5.10 Å². The van der Waals surface area contributed by atoms with E-state index in [-0.39, 0.29) is 11.1 Å². The van der Waals surface area contributed by atoms with E-state index < -0.39 is 5.82 Å². The van der Waals surface area contributed by atoms with Crippen molar-refractivity contribution in [3.63, 3.8) is 0 Å². The predicted octanol–water partition coefficient (Wildman–Crippen LogP) is 3.53. The Morgan fingerprint density at radius 2 is 2.21 bits per heavy atom. The second-order valence-corrected chi connectivity index (χ2v) is 5.65. The third-order valence-electron chi connectivity index (χ3n) is 3.05. The van der Waals surface area contributed by atoms with Gasteiger partial charge in [-0.15, -0.1) is 0 Å². The Balaban J connectivity index is 2.25. The summed E-state index contributed by atoms with van der Waals surface area (Å²) < 4.78 is 15.9. The van der Waals surface area contributed by atoms with E-state index in [9.17, 15) is 4.39 Å². The molecule has 1 atom stereocenters. The standard InChI is InChI=1S/C13H14BrClFN3/c1-7-13(14)12(19(2)18-7)6-11(17)8-3-4-10(16)9(15)5-8/h3-5,11H,6,17H2,1-2H3. The third kappa shape index (κ3) is 2.99. The van der Waals surface area contributed by atoms with Crippen LogP contribution in [0.15, 0.2) is 22.7 Å². The van der Waals surface area contributed by atoms with Crippen LogP contribution in [0.2, 0.25) is 5.02 Å². The SMILES string of the molecule is Cc1nn(C)c(CC(N)c2ccc(F)c(Cl)c2)c1Br. The molecule has 0 aliphatic rings. The molecule has 0 fully saturated rings. The normalized spacial score (nSPS) is 12.7. The Bertz CT molecular complexity index is 612. The fourth-order valence-corrected chi connectivity index (χ4v) is 2.66. The Hall–Kier alpha value is -0.910. The van der Waals surface area contributed by atoms with E-state index in [2.05, 4.69) is 21.0 Å². The van der Waals surface area contributed by atoms with Crippen molar-refractivity contribution in [3.05, 3.63) is 50.5 Å². The Kier molecular flexibility index (Phi) is 4.28. The Morgan fingerprint density at radius 3 is 2.74 bits per heavy atom. The van der Waals surface area contributed by atoms with Crippen LogP contribution in [0.4, 0.5) is 4.39 Å². The highest BCUT2D eigenvalue weighted by Crippen LogP contribution is 2.26. The smallest absolute Gasteiger partial charge is 0.141 e. The first-order chi connectivity index (χ1) is 8.90. The molecule has 2 aromatic rings. The number of aryl methyl sites for hydroxylation is 2. The molecule has 3 nitrogen and oxygen atoms in total. The zero-order valence-electron chi connectivity index (χ0n) is 10.6. The van der Waals surface area contributed by atoms with E-state index in [1.165, 1.54) is 6.07 Å². The number of aromatic nitrogens is 2. The van der Waals surface area contributed by atoms with Crippen molar-refractivity contribution in [3.8, 4) is 0 Å². The monoisotopic (exact) mass is 345 g/mol. The van der Waals surface area contributed by atoms with Gasteiger partial charge in [0.2, 0.25) is 0 Å². The summed E-state index contributed by atoms with van der Waals surface area (Å²) in [5.74, 6) is -0.435. The van der Waals surface area contributed by atoms with Gasteiger partial charge in [0.15, 0.2) is 0 Å². The van der Waals surface area contributed by atoms with Crippen molar-refractivity contribution in [2.45, 2.75) is 19.4 Å². The minimum atomic E-state index is -0.435. The molecule has 6 heteroatoms. The molecule has 0 radical (unpaired) electrons. The number of nitrogens with two attached hydrogens (primary N) is 1. The van der Waals surface area contributed by atoms with Crippen LogP contribution in [-0.4, -0.2) is 9.78 Å². The van der Waals surface area contributed by atoms with Crippen molar-refractivity contribution in [2.75, 3.05) is 0 Å². The number of nitrogens with zero attached hydrogens (tertiary/aromatic N) is 2. The second kappa shape index (κ2) is 5.61. The number of hydrogen-bond donors (Lipinski definition) is 1. The van der Waals surface area contributed by atoms with Crippen LogP contribution < -0.4 is 5.73 Å². The van der Waals surface area contributed by atoms with Crippen molar-refractivity contribution in [1.29, 1.82) is 0 Å². The predicted molar refractivity (Wildman–Crippen MR) is 77.7 cm³/mol. The van der Waals surface area contributed by atoms with Crippen molar-refractivity contribution >= 4 is 27.5 Å². The summed E-state index contributed by atoms with van der Waals surface area (Å²) in [4.78, 5) is 0. The lowest BCUT2D eigenvalue weighted by Crippen LogP contribution is -2.15. The van der Waals surface area contributed by atoms with E-state index in [1.807, 2.05) is 14.0 Å². The van der Waals surface area contributed by atoms with Gasteiger partial charge in [-0.1, -0.05) is 17.7 Å². The number of hydrogen-bond acceptors (Lipinski definition) is 2. The largest absolute Gasteiger partial charge is 0.324 e. The first kappa shape index (κ1) is 14.5. The van der Waals surface area contributed by atoms with Gasteiger partial charge < -0.3 is 5.73 Å². The van der Waals surface area contributed by atoms with E-state index >= 15 is 0 Å². The minimum Gasteiger partial charge on any atom is -0.324 e. The summed E-state index contributed by atoms with van der Waals surface area (Å²) in [5, 5.41) is 4.41. The topological polar surface area (TPSA) is 43.8 Å². The highest BCUT2D eigenvalue weighted by Gasteiger charge is 2.16. The summed E-state index contributed by atoms with van der Waals surface area (Å²) in [6, 6.07) is 4.30. The molecule has 19 heavy (non-hydrogen) atoms. The molecule has 2 rings (SSSR count). The van der Waals surface area contributed by atoms with E-state index in [4.69, 9.17) is 17.3 Å². The van der Waals surface area contributed by atoms with Gasteiger partial charge in [-0.25, -0.2) is 4.39 Å². The molecule has 102 valence electrons. The molecule has 2 N–H and O–H groups in total. The van der Waals surface area contributed by atoms with Gasteiger partial charge in [0, 0.05) is 19.5 Å². The lowest BCUT2D eigenvalue weighted by molar-refractivity contribution is 0.619. The van der Waals surface area contributed by atoms with Crippen LogP contribution >= 0.6 is 27.5 Å². The second-order valence-electron chi connectivity index (χ2n) is 4.45. The molecule has 0 bridgehead atoms. The molecule has 1 heterocycles. The van der Waals surface area contributed by atoms with Crippen LogP contribution in [0.1, 0.15) is 23.0 Å². The first-order valence-corrected chi connectivity index (χ1v) is 6.95. The maximum Gasteiger partial charge on any atom is 0.141 e. The van der Waals surface area contributed by atoms with Crippen LogP contribution in [0.25, 0.3) is 0 Å². The highest BCUT2D eigenvalue weighted by atomic mass is 79.9. The van der Waals surface area contributed by atoms with Gasteiger partial charge in [-0.3, -0.25) is 4.68 Å². The van der Waals surface area contributed by atoms with E-state index in [0.29, 0.717) is 6.42 Å². The molecular weight excluding hydrogens is 333 g/mol. The fourth-order valence-electron chi connectivity index (χ4n) is 1.97. The van der Waals surface area contributed by atoms with E-state index in [1.54, 1.807) is 16.8 Å². The lowest BCUT2D eigenvalue weighted by atomic mass is 10.0. The molecular formula is C13H14BrClFN3. The molecule has 0 spiro atoms. The Morgan fingerprint density at radius 1 is 1.53 bits per heavy atom. The average molecular weight is 347 g/mol. The summed E-state index contributed by atoms with van der Waals surface area (Å²) in [6.07, 6.45) is 0.597. The Labute approximate surface area is 124 Å². The zero-order valence-corrected chi connectivity index (χ0v) is 13.0. The number of halogens is 3. The lowest BCUT2D eigenvalue weighted by Gasteiger charge is -2.13. The van der Waals surface area contributed by atoms with Gasteiger partial charge >= 0.3 is 0 Å². The summed E-state index contributed by atoms with van der Waals surface area (Å²) in [5.41, 5.74) is 8.88. The summed E-state index contributed by atoms with van der Waals surface area (Å²) >= 11 is 9.27. The van der Waals surface area contributed by atoms with Gasteiger partial charge in [-0.05, 0) is 40.5 Å². The van der Waals surface area contributed by atoms with Crippen LogP contribution in [0, 0.1) is 12.7 Å². The van der Waals surface area contributed by atoms with Crippen molar-refractivity contribution < 1.29 is 4.39 Å². The molecule has 1 aromatic carbocycles. The van der Waals surface area contributed by atoms with Gasteiger partial charge in [0.05, 0.1) is 20.9 Å². The maximum absolute atomic E-state index is 13.1. The maximum atomic E-state index is 13.1. The van der Waals surface area contributed by atoms with Gasteiger partial charge in [0.25, 0.3) is 0 Å². The summed E-state index contributed by atoms with van der Waals surface area (Å²) in [7, 11) is 1.87. The third-order valence-corrected chi connectivity index (χ3v) is 4.37. The molecule has 0 aliphatic carbocycles. The van der Waals surface area contributed by atoms with E-state index in [0.717, 1.165) is 21.4 Å². The quantitative estimate of drug-likeness (QED) is 0.924. The molecule has 0 aliphatic heterocycles. The van der Waals surface area contributed by atoms with Crippen molar-refractivity contribution in [1.82, 2.24) is 9.78 Å². The fraction of sp³-hybridized carbons (Fsp3) is 0.308. The number of rotatable bonds is 3. The zero-order chi connectivity index (χ0) is 14.2. The molecule has 1 unspecified atom stereocenters. The van der Waals surface area contributed by atoms with Crippen LogP contribution in [0.3, 0.4) is 0 Å². The molecule has 0 amide bonds. The summed E-state index contributed by atoms with van der Waals surface area (Å²) in [6.45, 7) is 1.92.